The zero-order valence-corrected chi connectivity index (χ0v) is 14.4. The number of hydrogen-bond acceptors (Lipinski definition) is 0. The van der Waals surface area contributed by atoms with Gasteiger partial charge in [0.25, 0.3) is 0 Å². The lowest BCUT2D eigenvalue weighted by atomic mass is 9.49. The highest BCUT2D eigenvalue weighted by Gasteiger charge is 2.56. The van der Waals surface area contributed by atoms with Gasteiger partial charge in [-0.25, -0.2) is 0 Å². The van der Waals surface area contributed by atoms with Gasteiger partial charge in [-0.15, -0.1) is 0 Å². The van der Waals surface area contributed by atoms with Gasteiger partial charge in [-0.3, -0.25) is 0 Å². The van der Waals surface area contributed by atoms with Gasteiger partial charge in [-0.05, 0) is 91.8 Å². The molecule has 4 aliphatic carbocycles. The molecule has 0 aliphatic heterocycles. The van der Waals surface area contributed by atoms with E-state index in [4.69, 9.17) is 0 Å². The number of allylic oxidation sites excluding steroid dienone is 2. The van der Waals surface area contributed by atoms with Gasteiger partial charge >= 0.3 is 0 Å². The van der Waals surface area contributed by atoms with Gasteiger partial charge < -0.3 is 0 Å². The van der Waals surface area contributed by atoms with Crippen LogP contribution in [-0.2, 0) is 0 Å². The minimum Gasteiger partial charge on any atom is -0.0882 e. The Bertz CT molecular complexity index is 422. The third kappa shape index (κ3) is 2.00. The van der Waals surface area contributed by atoms with E-state index < -0.39 is 0 Å². The van der Waals surface area contributed by atoms with Crippen LogP contribution in [0.5, 0.6) is 0 Å². The van der Waals surface area contributed by atoms with Crippen molar-refractivity contribution < 1.29 is 0 Å². The average molecular weight is 287 g/mol. The van der Waals surface area contributed by atoms with Crippen molar-refractivity contribution in [3.8, 4) is 0 Å². The van der Waals surface area contributed by atoms with Crippen molar-refractivity contribution in [1.82, 2.24) is 0 Å². The van der Waals surface area contributed by atoms with Crippen molar-refractivity contribution in [2.45, 2.75) is 72.1 Å². The topological polar surface area (TPSA) is 0 Å². The fourth-order valence-electron chi connectivity index (χ4n) is 7.52. The van der Waals surface area contributed by atoms with Gasteiger partial charge in [0.05, 0.1) is 0 Å². The Morgan fingerprint density at radius 2 is 1.90 bits per heavy atom. The maximum atomic E-state index is 2.67. The minimum atomic E-state index is 0.695. The number of fused-ring (bicyclic) bond motifs is 5. The highest BCUT2D eigenvalue weighted by molar-refractivity contribution is 5.11. The van der Waals surface area contributed by atoms with Crippen LogP contribution in [-0.4, -0.2) is 0 Å². The SMILES string of the molecule is CC[C@H]1CC[C@H]2[C@@H]3C[C@H](C)C4CCC=C[C@@H]4[C@H]3CC[C@]12C. The fourth-order valence-corrected chi connectivity index (χ4v) is 7.52. The van der Waals surface area contributed by atoms with Crippen LogP contribution in [0.1, 0.15) is 72.1 Å². The van der Waals surface area contributed by atoms with Crippen molar-refractivity contribution in [2.24, 2.45) is 46.8 Å². The molecule has 0 aromatic carbocycles. The lowest BCUT2D eigenvalue weighted by molar-refractivity contribution is -0.0610. The molecule has 3 fully saturated rings. The quantitative estimate of drug-likeness (QED) is 0.513. The molecule has 0 spiro atoms. The Balaban J connectivity index is 1.64. The Morgan fingerprint density at radius 1 is 1.05 bits per heavy atom. The van der Waals surface area contributed by atoms with Crippen LogP contribution in [0, 0.1) is 46.8 Å². The molecule has 21 heavy (non-hydrogen) atoms. The summed E-state index contributed by atoms with van der Waals surface area (Å²) in [5.74, 6) is 7.11. The van der Waals surface area contributed by atoms with Crippen LogP contribution in [0.3, 0.4) is 0 Å². The molecule has 8 atom stereocenters. The Hall–Kier alpha value is -0.260. The van der Waals surface area contributed by atoms with Gasteiger partial charge in [0, 0.05) is 0 Å². The summed E-state index contributed by atoms with van der Waals surface area (Å²) in [5, 5.41) is 0. The molecule has 0 aromatic heterocycles. The maximum Gasteiger partial charge on any atom is -0.0171 e. The molecule has 0 bridgehead atoms. The average Bonchev–Trinajstić information content (AvgIpc) is 2.84. The van der Waals surface area contributed by atoms with Crippen molar-refractivity contribution in [1.29, 1.82) is 0 Å². The van der Waals surface area contributed by atoms with Gasteiger partial charge in [-0.1, -0.05) is 39.3 Å². The first kappa shape index (κ1) is 14.3. The van der Waals surface area contributed by atoms with Crippen molar-refractivity contribution >= 4 is 0 Å². The maximum absolute atomic E-state index is 2.67. The zero-order chi connectivity index (χ0) is 14.6. The molecule has 0 saturated heterocycles. The van der Waals surface area contributed by atoms with Crippen LogP contribution < -0.4 is 0 Å². The van der Waals surface area contributed by atoms with Crippen LogP contribution in [0.4, 0.5) is 0 Å². The van der Waals surface area contributed by atoms with E-state index >= 15 is 0 Å². The molecule has 0 aromatic rings. The molecule has 1 unspecified atom stereocenters. The summed E-state index contributed by atoms with van der Waals surface area (Å²) in [6, 6.07) is 0. The first-order chi connectivity index (χ1) is 10.1. The second kappa shape index (κ2) is 5.14. The normalized spacial score (nSPS) is 55.7. The van der Waals surface area contributed by atoms with Gasteiger partial charge in [-0.2, -0.15) is 0 Å². The lowest BCUT2D eigenvalue weighted by Gasteiger charge is -2.56. The predicted molar refractivity (Wildman–Crippen MR) is 90.0 cm³/mol. The van der Waals surface area contributed by atoms with Crippen molar-refractivity contribution in [3.63, 3.8) is 0 Å². The van der Waals surface area contributed by atoms with E-state index in [-0.39, 0.29) is 0 Å². The summed E-state index contributed by atoms with van der Waals surface area (Å²) in [7, 11) is 0. The predicted octanol–water partition coefficient (Wildman–Crippen LogP) is 6.08. The first-order valence-corrected chi connectivity index (χ1v) is 9.81. The lowest BCUT2D eigenvalue weighted by Crippen LogP contribution is -2.49. The summed E-state index contributed by atoms with van der Waals surface area (Å²) in [6.45, 7) is 7.68. The van der Waals surface area contributed by atoms with Gasteiger partial charge in [0.15, 0.2) is 0 Å². The van der Waals surface area contributed by atoms with E-state index in [2.05, 4.69) is 32.9 Å². The summed E-state index contributed by atoms with van der Waals surface area (Å²) < 4.78 is 0. The number of hydrogen-bond donors (Lipinski definition) is 0. The molecule has 4 aliphatic rings. The summed E-state index contributed by atoms with van der Waals surface area (Å²) in [6.07, 6.45) is 17.1. The Kier molecular flexibility index (Phi) is 3.51. The standard InChI is InChI=1S/C21H34/c1-4-15-9-10-20-19-13-14(2)16-7-5-6-8-17(16)18(19)11-12-21(15,20)3/h6,8,14-20H,4-5,7,9-13H2,1-3H3/t14-,15-,16?,17-,18+,19+,20-,21+/m0/s1. The molecule has 4 rings (SSSR count). The van der Waals surface area contributed by atoms with Crippen LogP contribution in [0.2, 0.25) is 0 Å². The Labute approximate surface area is 131 Å². The zero-order valence-electron chi connectivity index (χ0n) is 14.4. The third-order valence-electron chi connectivity index (χ3n) is 8.57. The van der Waals surface area contributed by atoms with Gasteiger partial charge in [0.2, 0.25) is 0 Å². The van der Waals surface area contributed by atoms with Crippen molar-refractivity contribution in [3.05, 3.63) is 12.2 Å². The molecule has 0 nitrogen and oxygen atoms in total. The van der Waals surface area contributed by atoms with E-state index in [1.807, 2.05) is 0 Å². The molecule has 0 heteroatoms. The Morgan fingerprint density at radius 3 is 2.71 bits per heavy atom. The van der Waals surface area contributed by atoms with E-state index in [0.29, 0.717) is 5.41 Å². The van der Waals surface area contributed by atoms with Crippen LogP contribution in [0.25, 0.3) is 0 Å². The molecular weight excluding hydrogens is 252 g/mol. The summed E-state index contributed by atoms with van der Waals surface area (Å²) >= 11 is 0. The molecular formula is C21H34. The van der Waals surface area contributed by atoms with E-state index in [1.165, 1.54) is 38.5 Å². The fraction of sp³-hybridized carbons (Fsp3) is 0.905. The molecule has 0 amide bonds. The molecule has 3 saturated carbocycles. The molecule has 118 valence electrons. The smallest absolute Gasteiger partial charge is 0.0171 e. The molecule has 0 N–H and O–H groups in total. The first-order valence-electron chi connectivity index (χ1n) is 9.81. The highest BCUT2D eigenvalue weighted by atomic mass is 14.6. The van der Waals surface area contributed by atoms with E-state index in [9.17, 15) is 0 Å². The minimum absolute atomic E-state index is 0.695. The van der Waals surface area contributed by atoms with Crippen LogP contribution >= 0.6 is 0 Å². The van der Waals surface area contributed by atoms with Crippen molar-refractivity contribution in [2.75, 3.05) is 0 Å². The summed E-state index contributed by atoms with van der Waals surface area (Å²) in [5.41, 5.74) is 0.695. The second-order valence-electron chi connectivity index (χ2n) is 9.12. The molecule has 0 heterocycles. The largest absolute Gasteiger partial charge is 0.0882 e. The molecule has 0 radical (unpaired) electrons. The van der Waals surface area contributed by atoms with E-state index in [0.717, 1.165) is 41.4 Å². The second-order valence-corrected chi connectivity index (χ2v) is 9.12. The third-order valence-corrected chi connectivity index (χ3v) is 8.57. The highest BCUT2D eigenvalue weighted by Crippen LogP contribution is 2.64. The van der Waals surface area contributed by atoms with E-state index in [1.54, 1.807) is 12.8 Å². The van der Waals surface area contributed by atoms with Crippen LogP contribution in [0.15, 0.2) is 12.2 Å². The monoisotopic (exact) mass is 286 g/mol. The van der Waals surface area contributed by atoms with Gasteiger partial charge in [0.1, 0.15) is 0 Å². The number of rotatable bonds is 1. The summed E-state index contributed by atoms with van der Waals surface area (Å²) in [4.78, 5) is 0.